The Bertz CT molecular complexity index is 335. The van der Waals surface area contributed by atoms with Crippen molar-refractivity contribution in [2.45, 2.75) is 59.8 Å². The van der Waals surface area contributed by atoms with Gasteiger partial charge in [-0.15, -0.1) is 0 Å². The van der Waals surface area contributed by atoms with Crippen molar-refractivity contribution in [2.75, 3.05) is 0 Å². The van der Waals surface area contributed by atoms with E-state index in [1.54, 1.807) is 0 Å². The monoisotopic (exact) mass is 206 g/mol. The number of hydrogen-bond acceptors (Lipinski definition) is 1. The summed E-state index contributed by atoms with van der Waals surface area (Å²) in [6, 6.07) is 0. The lowest BCUT2D eigenvalue weighted by molar-refractivity contribution is -0.117. The number of carbonyl (C=O) groups excluding carboxylic acids is 1. The first-order valence-corrected chi connectivity index (χ1v) is 6.18. The molecule has 0 aromatic heterocycles. The fraction of sp³-hybridized carbons (Fsp3) is 0.786. The molecule has 0 saturated heterocycles. The predicted molar refractivity (Wildman–Crippen MR) is 62.7 cm³/mol. The highest BCUT2D eigenvalue weighted by Crippen LogP contribution is 2.57. The summed E-state index contributed by atoms with van der Waals surface area (Å²) in [7, 11) is 0. The zero-order chi connectivity index (χ0) is 11.3. The average molecular weight is 206 g/mol. The van der Waals surface area contributed by atoms with E-state index in [0.29, 0.717) is 5.78 Å². The molecule has 0 amide bonds. The number of hydrogen-bond donors (Lipinski definition) is 0. The third-order valence-corrected chi connectivity index (χ3v) is 4.44. The van der Waals surface area contributed by atoms with E-state index >= 15 is 0 Å². The zero-order valence-corrected chi connectivity index (χ0v) is 10.4. The van der Waals surface area contributed by atoms with Crippen LogP contribution in [0.2, 0.25) is 0 Å². The Kier molecular flexibility index (Phi) is 2.33. The van der Waals surface area contributed by atoms with Gasteiger partial charge in [0, 0.05) is 12.0 Å². The molecule has 0 heterocycles. The summed E-state index contributed by atoms with van der Waals surface area (Å²) in [6.45, 7) is 9.11. The van der Waals surface area contributed by atoms with Crippen molar-refractivity contribution in [3.63, 3.8) is 0 Å². The highest BCUT2D eigenvalue weighted by Gasteiger charge is 2.48. The van der Waals surface area contributed by atoms with Gasteiger partial charge >= 0.3 is 0 Å². The Hall–Kier alpha value is -0.590. The fourth-order valence-corrected chi connectivity index (χ4v) is 3.69. The molecule has 0 aromatic carbocycles. The summed E-state index contributed by atoms with van der Waals surface area (Å²) in [5.41, 5.74) is 3.11. The maximum atomic E-state index is 12.1. The van der Waals surface area contributed by atoms with Gasteiger partial charge in [-0.25, -0.2) is 0 Å². The van der Waals surface area contributed by atoms with Crippen LogP contribution in [0, 0.1) is 10.8 Å². The summed E-state index contributed by atoms with van der Waals surface area (Å²) in [5, 5.41) is 0. The standard InChI is InChI=1S/C14H22O/c1-5-14(4)9-13(2,3)10-7-6-8-11(15)12(10)14/h5-9H2,1-4H3. The number of ketones is 1. The first-order valence-electron chi connectivity index (χ1n) is 6.18. The second-order valence-corrected chi connectivity index (χ2v) is 6.11. The molecule has 15 heavy (non-hydrogen) atoms. The van der Waals surface area contributed by atoms with Crippen LogP contribution in [0.3, 0.4) is 0 Å². The molecule has 2 aliphatic rings. The van der Waals surface area contributed by atoms with Gasteiger partial charge in [-0.1, -0.05) is 33.3 Å². The Balaban J connectivity index is 2.53. The molecule has 0 spiro atoms. The van der Waals surface area contributed by atoms with Gasteiger partial charge in [-0.2, -0.15) is 0 Å². The van der Waals surface area contributed by atoms with Crippen LogP contribution < -0.4 is 0 Å². The van der Waals surface area contributed by atoms with Crippen LogP contribution in [0.4, 0.5) is 0 Å². The van der Waals surface area contributed by atoms with E-state index in [2.05, 4.69) is 27.7 Å². The first-order chi connectivity index (χ1) is 6.91. The molecular weight excluding hydrogens is 184 g/mol. The van der Waals surface area contributed by atoms with Gasteiger partial charge < -0.3 is 0 Å². The minimum atomic E-state index is 0.163. The molecule has 0 saturated carbocycles. The third kappa shape index (κ3) is 1.47. The molecule has 84 valence electrons. The smallest absolute Gasteiger partial charge is 0.159 e. The van der Waals surface area contributed by atoms with Gasteiger partial charge in [-0.05, 0) is 36.5 Å². The fourth-order valence-electron chi connectivity index (χ4n) is 3.69. The van der Waals surface area contributed by atoms with Crippen molar-refractivity contribution in [3.05, 3.63) is 11.1 Å². The summed E-state index contributed by atoms with van der Waals surface area (Å²) < 4.78 is 0. The maximum absolute atomic E-state index is 12.1. The molecule has 0 N–H and O–H groups in total. The number of carbonyl (C=O) groups is 1. The molecule has 0 bridgehead atoms. The van der Waals surface area contributed by atoms with Crippen molar-refractivity contribution >= 4 is 5.78 Å². The summed E-state index contributed by atoms with van der Waals surface area (Å²) in [5.74, 6) is 0.436. The molecule has 1 unspecified atom stereocenters. The van der Waals surface area contributed by atoms with E-state index in [-0.39, 0.29) is 10.8 Å². The van der Waals surface area contributed by atoms with Crippen LogP contribution in [0.25, 0.3) is 0 Å². The molecule has 1 nitrogen and oxygen atoms in total. The van der Waals surface area contributed by atoms with Crippen molar-refractivity contribution in [2.24, 2.45) is 10.8 Å². The quantitative estimate of drug-likeness (QED) is 0.636. The van der Waals surface area contributed by atoms with Crippen LogP contribution in [0.1, 0.15) is 59.8 Å². The van der Waals surface area contributed by atoms with Crippen LogP contribution in [-0.2, 0) is 4.79 Å². The Labute approximate surface area is 92.9 Å². The van der Waals surface area contributed by atoms with E-state index in [9.17, 15) is 4.79 Å². The van der Waals surface area contributed by atoms with Gasteiger partial charge in [0.25, 0.3) is 0 Å². The van der Waals surface area contributed by atoms with Gasteiger partial charge in [0.15, 0.2) is 5.78 Å². The summed E-state index contributed by atoms with van der Waals surface area (Å²) in [6.07, 6.45) is 5.27. The lowest BCUT2D eigenvalue weighted by atomic mass is 9.75. The Morgan fingerprint density at radius 1 is 1.20 bits per heavy atom. The molecule has 0 aliphatic heterocycles. The van der Waals surface area contributed by atoms with E-state index < -0.39 is 0 Å². The minimum absolute atomic E-state index is 0.163. The predicted octanol–water partition coefficient (Wildman–Crippen LogP) is 3.88. The average Bonchev–Trinajstić information content (AvgIpc) is 2.36. The topological polar surface area (TPSA) is 17.1 Å². The van der Waals surface area contributed by atoms with Crippen LogP contribution in [0.15, 0.2) is 11.1 Å². The molecule has 2 aliphatic carbocycles. The van der Waals surface area contributed by atoms with E-state index in [4.69, 9.17) is 0 Å². The number of rotatable bonds is 1. The lowest BCUT2D eigenvalue weighted by Gasteiger charge is -2.28. The van der Waals surface area contributed by atoms with Crippen molar-refractivity contribution < 1.29 is 4.79 Å². The van der Waals surface area contributed by atoms with Crippen molar-refractivity contribution in [3.8, 4) is 0 Å². The number of allylic oxidation sites excluding steroid dienone is 2. The summed E-state index contributed by atoms with van der Waals surface area (Å²) >= 11 is 0. The lowest BCUT2D eigenvalue weighted by Crippen LogP contribution is -2.22. The van der Waals surface area contributed by atoms with Gasteiger partial charge in [-0.3, -0.25) is 4.79 Å². The third-order valence-electron chi connectivity index (χ3n) is 4.44. The van der Waals surface area contributed by atoms with Gasteiger partial charge in [0.05, 0.1) is 0 Å². The second-order valence-electron chi connectivity index (χ2n) is 6.11. The largest absolute Gasteiger partial charge is 0.295 e. The van der Waals surface area contributed by atoms with Crippen LogP contribution in [0.5, 0.6) is 0 Å². The Morgan fingerprint density at radius 2 is 1.87 bits per heavy atom. The summed E-state index contributed by atoms with van der Waals surface area (Å²) in [4.78, 5) is 12.1. The van der Waals surface area contributed by atoms with Crippen molar-refractivity contribution in [1.82, 2.24) is 0 Å². The van der Waals surface area contributed by atoms with Crippen LogP contribution >= 0.6 is 0 Å². The normalized spacial score (nSPS) is 34.5. The first kappa shape index (κ1) is 10.9. The van der Waals surface area contributed by atoms with E-state index in [1.807, 2.05) is 0 Å². The van der Waals surface area contributed by atoms with E-state index in [1.165, 1.54) is 11.1 Å². The minimum Gasteiger partial charge on any atom is -0.295 e. The van der Waals surface area contributed by atoms with Gasteiger partial charge in [0.2, 0.25) is 0 Å². The highest BCUT2D eigenvalue weighted by molar-refractivity contribution is 5.99. The second kappa shape index (κ2) is 3.20. The highest BCUT2D eigenvalue weighted by atomic mass is 16.1. The molecular formula is C14H22O. The van der Waals surface area contributed by atoms with Gasteiger partial charge in [0.1, 0.15) is 0 Å². The molecule has 1 atom stereocenters. The molecule has 0 radical (unpaired) electrons. The van der Waals surface area contributed by atoms with Crippen molar-refractivity contribution in [1.29, 1.82) is 0 Å². The zero-order valence-electron chi connectivity index (χ0n) is 10.4. The van der Waals surface area contributed by atoms with Crippen LogP contribution in [-0.4, -0.2) is 5.78 Å². The van der Waals surface area contributed by atoms with E-state index in [0.717, 1.165) is 32.1 Å². The number of Topliss-reactive ketones (excluding diaryl/α,β-unsaturated/α-hetero) is 1. The maximum Gasteiger partial charge on any atom is 0.159 e. The Morgan fingerprint density at radius 3 is 2.47 bits per heavy atom. The molecule has 1 heteroatoms. The molecule has 0 fully saturated rings. The molecule has 0 aromatic rings. The SMILES string of the molecule is CCC1(C)CC(C)(C)C2=C1C(=O)CCC2. The molecule has 2 rings (SSSR count).